The monoisotopic (exact) mass is 449 g/mol. The van der Waals surface area contributed by atoms with E-state index in [0.29, 0.717) is 40.8 Å². The van der Waals surface area contributed by atoms with Gasteiger partial charge in [-0.15, -0.1) is 0 Å². The lowest BCUT2D eigenvalue weighted by molar-refractivity contribution is -0.0236. The molecule has 1 atom stereocenters. The lowest BCUT2D eigenvalue weighted by Crippen LogP contribution is -2.13. The number of hydrogen-bond donors (Lipinski definition) is 2. The fourth-order valence-corrected chi connectivity index (χ4v) is 4.17. The summed E-state index contributed by atoms with van der Waals surface area (Å²) in [5.74, 6) is -0.253. The second kappa shape index (κ2) is 8.88. The molecule has 0 spiro atoms. The van der Waals surface area contributed by atoms with E-state index in [1.165, 1.54) is 23.9 Å². The first-order valence-electron chi connectivity index (χ1n) is 10.1. The first-order chi connectivity index (χ1) is 15.6. The van der Waals surface area contributed by atoms with Crippen molar-refractivity contribution < 1.29 is 13.9 Å². The molecular weight excluding hydrogens is 429 g/mol. The van der Waals surface area contributed by atoms with Gasteiger partial charge in [0.2, 0.25) is 6.29 Å². The summed E-state index contributed by atoms with van der Waals surface area (Å²) in [6.45, 7) is 0.603. The summed E-state index contributed by atoms with van der Waals surface area (Å²) in [6, 6.07) is 16.4. The van der Waals surface area contributed by atoms with Crippen molar-refractivity contribution in [2.24, 2.45) is 0 Å². The van der Waals surface area contributed by atoms with Crippen molar-refractivity contribution in [3.05, 3.63) is 94.7 Å². The van der Waals surface area contributed by atoms with E-state index in [2.05, 4.69) is 15.0 Å². The van der Waals surface area contributed by atoms with Gasteiger partial charge in [0.05, 0.1) is 6.33 Å². The molecule has 9 heteroatoms. The van der Waals surface area contributed by atoms with Gasteiger partial charge in [0.15, 0.2) is 21.4 Å². The highest BCUT2D eigenvalue weighted by Gasteiger charge is 2.22. The average Bonchev–Trinajstić information content (AvgIpc) is 3.43. The van der Waals surface area contributed by atoms with Crippen molar-refractivity contribution in [3.8, 4) is 0 Å². The Morgan fingerprint density at radius 2 is 1.91 bits per heavy atom. The third-order valence-corrected chi connectivity index (χ3v) is 5.84. The molecule has 162 valence electrons. The van der Waals surface area contributed by atoms with Gasteiger partial charge in [-0.3, -0.25) is 5.41 Å². The molecule has 0 radical (unpaired) electrons. The van der Waals surface area contributed by atoms with E-state index in [0.717, 1.165) is 11.1 Å². The number of nitrogens with zero attached hydrogens (tertiary/aromatic N) is 3. The maximum absolute atomic E-state index is 13.1. The van der Waals surface area contributed by atoms with Crippen LogP contribution in [0.2, 0.25) is 0 Å². The van der Waals surface area contributed by atoms with E-state index in [1.807, 2.05) is 34.9 Å². The molecule has 0 saturated heterocycles. The molecule has 32 heavy (non-hydrogen) atoms. The van der Waals surface area contributed by atoms with Crippen LogP contribution in [-0.2, 0) is 28.9 Å². The van der Waals surface area contributed by atoms with Gasteiger partial charge < -0.3 is 19.0 Å². The van der Waals surface area contributed by atoms with E-state index in [1.54, 1.807) is 24.7 Å². The molecule has 0 fully saturated rings. The lowest BCUT2D eigenvalue weighted by Gasteiger charge is -2.11. The zero-order valence-corrected chi connectivity index (χ0v) is 17.8. The number of halogens is 1. The van der Waals surface area contributed by atoms with Crippen molar-refractivity contribution in [3.63, 3.8) is 0 Å². The summed E-state index contributed by atoms with van der Waals surface area (Å²) in [5, 5.41) is 9.31. The highest BCUT2D eigenvalue weighted by molar-refractivity contribution is 8.02. The summed E-state index contributed by atoms with van der Waals surface area (Å²) >= 11 is 1.31. The van der Waals surface area contributed by atoms with E-state index < -0.39 is 0 Å². The molecule has 1 aliphatic heterocycles. The molecule has 5 rings (SSSR count). The van der Waals surface area contributed by atoms with Crippen molar-refractivity contribution in [1.29, 1.82) is 5.41 Å². The Hall–Kier alpha value is -3.59. The second-order valence-corrected chi connectivity index (χ2v) is 8.31. The van der Waals surface area contributed by atoms with Gasteiger partial charge in [-0.1, -0.05) is 42.5 Å². The van der Waals surface area contributed by atoms with E-state index in [4.69, 9.17) is 14.9 Å². The van der Waals surface area contributed by atoms with Crippen LogP contribution in [0.15, 0.2) is 77.4 Å². The van der Waals surface area contributed by atoms with Gasteiger partial charge in [0.1, 0.15) is 17.6 Å². The van der Waals surface area contributed by atoms with Gasteiger partial charge in [0.25, 0.3) is 0 Å². The van der Waals surface area contributed by atoms with Gasteiger partial charge in [0, 0.05) is 13.0 Å². The maximum atomic E-state index is 13.1. The maximum Gasteiger partial charge on any atom is 0.245 e. The van der Waals surface area contributed by atoms with Crippen LogP contribution in [0.1, 0.15) is 11.1 Å². The molecule has 7 nitrogen and oxygen atoms in total. The molecule has 4 aromatic rings. The fraction of sp³-hybridized carbons (Fsp3) is 0.174. The van der Waals surface area contributed by atoms with Crippen molar-refractivity contribution in [1.82, 2.24) is 19.5 Å². The van der Waals surface area contributed by atoms with Crippen LogP contribution >= 0.6 is 11.8 Å². The molecule has 0 amide bonds. The Morgan fingerprint density at radius 1 is 1.09 bits per heavy atom. The van der Waals surface area contributed by atoms with E-state index in [-0.39, 0.29) is 17.6 Å². The Balaban J connectivity index is 1.28. The van der Waals surface area contributed by atoms with Crippen LogP contribution in [-0.4, -0.2) is 25.8 Å². The molecule has 0 saturated carbocycles. The molecule has 1 unspecified atom stereocenters. The van der Waals surface area contributed by atoms with Crippen molar-refractivity contribution >= 4 is 22.9 Å². The summed E-state index contributed by atoms with van der Waals surface area (Å²) in [6.07, 6.45) is 4.16. The van der Waals surface area contributed by atoms with Gasteiger partial charge in [-0.05, 0) is 41.4 Å². The Morgan fingerprint density at radius 3 is 2.72 bits per heavy atom. The number of ether oxygens (including phenoxy) is 2. The number of fused-ring (bicyclic) bond motifs is 1. The average molecular weight is 450 g/mol. The highest BCUT2D eigenvalue weighted by Crippen LogP contribution is 2.32. The second-order valence-electron chi connectivity index (χ2n) is 7.32. The van der Waals surface area contributed by atoms with Crippen LogP contribution in [0.4, 0.5) is 4.39 Å². The Kier molecular flexibility index (Phi) is 5.64. The molecule has 3 heterocycles. The summed E-state index contributed by atoms with van der Waals surface area (Å²) in [4.78, 5) is 12.0. The zero-order chi connectivity index (χ0) is 21.9. The first kappa shape index (κ1) is 20.3. The quantitative estimate of drug-likeness (QED) is 0.443. The molecule has 2 aromatic heterocycles. The number of benzene rings is 2. The normalized spacial score (nSPS) is 15.4. The smallest absolute Gasteiger partial charge is 0.245 e. The van der Waals surface area contributed by atoms with Crippen molar-refractivity contribution in [2.45, 2.75) is 30.8 Å². The Labute approximate surface area is 187 Å². The third-order valence-electron chi connectivity index (χ3n) is 5.06. The number of hydrogen-bond acceptors (Lipinski definition) is 6. The molecule has 0 aliphatic carbocycles. The van der Waals surface area contributed by atoms with Gasteiger partial charge in [-0.25, -0.2) is 14.4 Å². The number of thioether (sulfide) groups is 1. The van der Waals surface area contributed by atoms with Crippen molar-refractivity contribution in [2.75, 3.05) is 0 Å². The van der Waals surface area contributed by atoms with Crippen LogP contribution in [0.5, 0.6) is 0 Å². The van der Waals surface area contributed by atoms with Crippen LogP contribution in [0, 0.1) is 11.2 Å². The van der Waals surface area contributed by atoms with Crippen LogP contribution in [0.3, 0.4) is 0 Å². The predicted molar refractivity (Wildman–Crippen MR) is 118 cm³/mol. The molecule has 2 aromatic carbocycles. The SMILES string of the molecule is N=c1ncn(CCc2ccc(F)cc2)c2nc(SC3=COC(Cc4ccccc4)O3)[nH]c12. The summed E-state index contributed by atoms with van der Waals surface area (Å²) in [5.41, 5.74) is 3.45. The standard InChI is InChI=1S/C23H20FN5O2S/c24-17-8-6-15(7-9-17)10-11-29-14-26-21(25)20-22(29)28-23(27-20)32-19-13-30-18(31-19)12-16-4-2-1-3-5-16/h1-9,13-14,18,25H,10-12H2,(H,27,28). The molecular formula is C23H20FN5O2S. The van der Waals surface area contributed by atoms with Crippen LogP contribution < -0.4 is 5.49 Å². The predicted octanol–water partition coefficient (Wildman–Crippen LogP) is 4.13. The Bertz CT molecular complexity index is 1320. The number of H-pyrrole nitrogens is 1. The third kappa shape index (κ3) is 4.52. The number of rotatable bonds is 7. The topological polar surface area (TPSA) is 88.8 Å². The number of aromatic nitrogens is 4. The van der Waals surface area contributed by atoms with Crippen LogP contribution in [0.25, 0.3) is 11.2 Å². The lowest BCUT2D eigenvalue weighted by atomic mass is 10.1. The fourth-order valence-electron chi connectivity index (χ4n) is 3.43. The molecule has 0 bridgehead atoms. The zero-order valence-electron chi connectivity index (χ0n) is 17.0. The minimum absolute atomic E-state index is 0.122. The van der Waals surface area contributed by atoms with Gasteiger partial charge >= 0.3 is 0 Å². The molecule has 1 aliphatic rings. The van der Waals surface area contributed by atoms with E-state index in [9.17, 15) is 4.39 Å². The minimum atomic E-state index is -0.377. The van der Waals surface area contributed by atoms with Gasteiger partial charge in [-0.2, -0.15) is 0 Å². The number of aromatic amines is 1. The first-order valence-corrected chi connectivity index (χ1v) is 10.9. The van der Waals surface area contributed by atoms with E-state index >= 15 is 0 Å². The highest BCUT2D eigenvalue weighted by atomic mass is 32.2. The number of nitrogens with one attached hydrogen (secondary N) is 2. The largest absolute Gasteiger partial charge is 0.458 e. The summed E-state index contributed by atoms with van der Waals surface area (Å²) < 4.78 is 26.5. The summed E-state index contributed by atoms with van der Waals surface area (Å²) in [7, 11) is 0. The number of aryl methyl sites for hydroxylation is 2. The number of imidazole rings is 1. The molecule has 2 N–H and O–H groups in total. The minimum Gasteiger partial charge on any atom is -0.458 e.